The van der Waals surface area contributed by atoms with Gasteiger partial charge < -0.3 is 9.30 Å². The lowest BCUT2D eigenvalue weighted by Gasteiger charge is -2.05. The second-order valence-corrected chi connectivity index (χ2v) is 5.39. The fourth-order valence-electron chi connectivity index (χ4n) is 1.02. The molecule has 0 saturated carbocycles. The van der Waals surface area contributed by atoms with Crippen LogP contribution >= 0.6 is 10.7 Å². The standard InChI is InChI=1S/C8H10ClNO4S/c1-14-5-4-10-6-7(15(9,12)13)2-3-8(10)11/h2-3,6H,4-5H2,1H3. The van der Waals surface area contributed by atoms with E-state index in [-0.39, 0.29) is 17.0 Å². The molecule has 0 N–H and O–H groups in total. The maximum atomic E-state index is 11.3. The number of methoxy groups -OCH3 is 1. The van der Waals surface area contributed by atoms with Crippen molar-refractivity contribution in [3.8, 4) is 0 Å². The minimum Gasteiger partial charge on any atom is -0.383 e. The topological polar surface area (TPSA) is 65.4 Å². The number of rotatable bonds is 4. The van der Waals surface area contributed by atoms with Gasteiger partial charge in [0.2, 0.25) is 0 Å². The summed E-state index contributed by atoms with van der Waals surface area (Å²) in [5.74, 6) is 0. The molecule has 15 heavy (non-hydrogen) atoms. The molecule has 0 aliphatic rings. The Morgan fingerprint density at radius 3 is 2.67 bits per heavy atom. The Morgan fingerprint density at radius 1 is 1.47 bits per heavy atom. The third-order valence-corrected chi connectivity index (χ3v) is 3.11. The first-order valence-corrected chi connectivity index (χ1v) is 6.40. The van der Waals surface area contributed by atoms with Gasteiger partial charge in [0.05, 0.1) is 11.5 Å². The van der Waals surface area contributed by atoms with Crippen LogP contribution < -0.4 is 5.56 Å². The van der Waals surface area contributed by atoms with Gasteiger partial charge in [0.25, 0.3) is 14.6 Å². The smallest absolute Gasteiger partial charge is 0.262 e. The molecule has 0 bridgehead atoms. The number of pyridine rings is 1. The largest absolute Gasteiger partial charge is 0.383 e. The zero-order valence-electron chi connectivity index (χ0n) is 8.01. The van der Waals surface area contributed by atoms with Crippen LogP contribution in [-0.4, -0.2) is 26.7 Å². The number of hydrogen-bond donors (Lipinski definition) is 0. The lowest BCUT2D eigenvalue weighted by molar-refractivity contribution is 0.186. The molecule has 1 rings (SSSR count). The first-order chi connectivity index (χ1) is 6.95. The second-order valence-electron chi connectivity index (χ2n) is 2.83. The van der Waals surface area contributed by atoms with Crippen LogP contribution in [0.4, 0.5) is 0 Å². The molecule has 0 radical (unpaired) electrons. The monoisotopic (exact) mass is 251 g/mol. The van der Waals surface area contributed by atoms with Crippen molar-refractivity contribution in [3.63, 3.8) is 0 Å². The van der Waals surface area contributed by atoms with Gasteiger partial charge in [-0.25, -0.2) is 8.42 Å². The number of nitrogens with zero attached hydrogens (tertiary/aromatic N) is 1. The van der Waals surface area contributed by atoms with E-state index in [0.717, 1.165) is 6.07 Å². The normalized spacial score (nSPS) is 11.6. The van der Waals surface area contributed by atoms with Gasteiger partial charge in [-0.05, 0) is 6.07 Å². The summed E-state index contributed by atoms with van der Waals surface area (Å²) in [4.78, 5) is 11.2. The molecule has 1 aromatic heterocycles. The molecule has 5 nitrogen and oxygen atoms in total. The summed E-state index contributed by atoms with van der Waals surface area (Å²) in [7, 11) is 2.84. The van der Waals surface area contributed by atoms with Gasteiger partial charge in [-0.1, -0.05) is 0 Å². The van der Waals surface area contributed by atoms with E-state index in [2.05, 4.69) is 0 Å². The Hall–Kier alpha value is -0.850. The van der Waals surface area contributed by atoms with Crippen LogP contribution in [0.5, 0.6) is 0 Å². The molecule has 1 heterocycles. The molecule has 0 saturated heterocycles. The van der Waals surface area contributed by atoms with E-state index < -0.39 is 9.05 Å². The van der Waals surface area contributed by atoms with Crippen molar-refractivity contribution in [2.45, 2.75) is 11.4 Å². The van der Waals surface area contributed by atoms with Gasteiger partial charge in [0.15, 0.2) is 0 Å². The predicted octanol–water partition coefficient (Wildman–Crippen LogP) is 0.422. The first kappa shape index (κ1) is 12.2. The Kier molecular flexibility index (Phi) is 3.90. The fourth-order valence-corrected chi connectivity index (χ4v) is 1.78. The number of aromatic nitrogens is 1. The van der Waals surface area contributed by atoms with Crippen LogP contribution in [0.2, 0.25) is 0 Å². The molecule has 0 aliphatic heterocycles. The van der Waals surface area contributed by atoms with E-state index in [9.17, 15) is 13.2 Å². The molecule has 0 aromatic carbocycles. The molecule has 0 unspecified atom stereocenters. The quantitative estimate of drug-likeness (QED) is 0.728. The SMILES string of the molecule is COCCn1cc(S(=O)(=O)Cl)ccc1=O. The lowest BCUT2D eigenvalue weighted by Crippen LogP contribution is -2.21. The Bertz CT molecular complexity index is 494. The summed E-state index contributed by atoms with van der Waals surface area (Å²) in [5.41, 5.74) is -0.295. The summed E-state index contributed by atoms with van der Waals surface area (Å²) < 4.78 is 28.0. The molecule has 0 amide bonds. The summed E-state index contributed by atoms with van der Waals surface area (Å²) in [6, 6.07) is 2.33. The van der Waals surface area contributed by atoms with Gasteiger partial charge in [-0.15, -0.1) is 0 Å². The fraction of sp³-hybridized carbons (Fsp3) is 0.375. The molecule has 7 heteroatoms. The van der Waals surface area contributed by atoms with Crippen molar-refractivity contribution in [2.24, 2.45) is 0 Å². The maximum absolute atomic E-state index is 11.3. The number of halogens is 1. The average Bonchev–Trinajstić information content (AvgIpc) is 2.15. The number of ether oxygens (including phenoxy) is 1. The van der Waals surface area contributed by atoms with Crippen LogP contribution in [0.3, 0.4) is 0 Å². The van der Waals surface area contributed by atoms with E-state index in [4.69, 9.17) is 15.4 Å². The van der Waals surface area contributed by atoms with Gasteiger partial charge in [0, 0.05) is 36.6 Å². The zero-order chi connectivity index (χ0) is 11.5. The van der Waals surface area contributed by atoms with Gasteiger partial charge in [-0.3, -0.25) is 4.79 Å². The Morgan fingerprint density at radius 2 is 2.13 bits per heavy atom. The average molecular weight is 252 g/mol. The molecular weight excluding hydrogens is 242 g/mol. The summed E-state index contributed by atoms with van der Waals surface area (Å²) >= 11 is 0. The molecule has 0 atom stereocenters. The minimum atomic E-state index is -3.80. The van der Waals surface area contributed by atoms with E-state index >= 15 is 0 Å². The van der Waals surface area contributed by atoms with Crippen molar-refractivity contribution < 1.29 is 13.2 Å². The lowest BCUT2D eigenvalue weighted by atomic mass is 10.4. The summed E-state index contributed by atoms with van der Waals surface area (Å²) in [6.45, 7) is 0.612. The van der Waals surface area contributed by atoms with Crippen molar-refractivity contribution in [2.75, 3.05) is 13.7 Å². The van der Waals surface area contributed by atoms with Crippen molar-refractivity contribution in [1.82, 2.24) is 4.57 Å². The molecule has 0 aliphatic carbocycles. The van der Waals surface area contributed by atoms with Crippen molar-refractivity contribution in [1.29, 1.82) is 0 Å². The molecule has 0 spiro atoms. The summed E-state index contributed by atoms with van der Waals surface area (Å²) in [6.07, 6.45) is 1.20. The summed E-state index contributed by atoms with van der Waals surface area (Å²) in [5, 5.41) is 0. The van der Waals surface area contributed by atoms with Crippen LogP contribution in [0.1, 0.15) is 0 Å². The van der Waals surface area contributed by atoms with Crippen molar-refractivity contribution in [3.05, 3.63) is 28.7 Å². The van der Waals surface area contributed by atoms with E-state index in [1.54, 1.807) is 0 Å². The highest BCUT2D eigenvalue weighted by molar-refractivity contribution is 8.13. The van der Waals surface area contributed by atoms with Crippen LogP contribution in [0.15, 0.2) is 28.0 Å². The van der Waals surface area contributed by atoms with E-state index in [1.807, 2.05) is 0 Å². The third-order valence-electron chi connectivity index (χ3n) is 1.77. The highest BCUT2D eigenvalue weighted by Gasteiger charge is 2.10. The van der Waals surface area contributed by atoms with Crippen LogP contribution in [-0.2, 0) is 20.3 Å². The van der Waals surface area contributed by atoms with Crippen molar-refractivity contribution >= 4 is 19.7 Å². The van der Waals surface area contributed by atoms with Crippen LogP contribution in [0, 0.1) is 0 Å². The van der Waals surface area contributed by atoms with Gasteiger partial charge in [0.1, 0.15) is 0 Å². The molecule has 1 aromatic rings. The van der Waals surface area contributed by atoms with E-state index in [1.165, 1.54) is 23.9 Å². The Labute approximate surface area is 91.7 Å². The van der Waals surface area contributed by atoms with Crippen LogP contribution in [0.25, 0.3) is 0 Å². The highest BCUT2D eigenvalue weighted by Crippen LogP contribution is 2.11. The maximum Gasteiger partial charge on any atom is 0.262 e. The first-order valence-electron chi connectivity index (χ1n) is 4.09. The third kappa shape index (κ3) is 3.33. The molecule has 84 valence electrons. The zero-order valence-corrected chi connectivity index (χ0v) is 9.59. The second kappa shape index (κ2) is 4.78. The molecular formula is C8H10ClNO4S. The number of hydrogen-bond acceptors (Lipinski definition) is 4. The molecule has 0 fully saturated rings. The van der Waals surface area contributed by atoms with Gasteiger partial charge in [-0.2, -0.15) is 0 Å². The minimum absolute atomic E-state index is 0.0973. The predicted molar refractivity (Wildman–Crippen MR) is 55.6 cm³/mol. The van der Waals surface area contributed by atoms with E-state index in [0.29, 0.717) is 6.61 Å². The van der Waals surface area contributed by atoms with Gasteiger partial charge >= 0.3 is 0 Å². The highest BCUT2D eigenvalue weighted by atomic mass is 35.7. The Balaban J connectivity index is 3.12.